The van der Waals surface area contributed by atoms with E-state index in [-0.39, 0.29) is 30.0 Å². The van der Waals surface area contributed by atoms with Gasteiger partial charge in [0, 0.05) is 26.7 Å². The fraction of sp³-hybridized carbons (Fsp3) is 0.500. The van der Waals surface area contributed by atoms with Gasteiger partial charge in [-0.25, -0.2) is 14.1 Å². The van der Waals surface area contributed by atoms with Crippen LogP contribution in [-0.2, 0) is 52.8 Å². The van der Waals surface area contributed by atoms with Crippen molar-refractivity contribution in [3.8, 4) is 5.75 Å². The van der Waals surface area contributed by atoms with Crippen LogP contribution in [0.5, 0.6) is 5.75 Å². The Hall–Kier alpha value is -4.08. The van der Waals surface area contributed by atoms with E-state index in [1.165, 1.54) is 31.6 Å². The molecular formula is C30H38N5O11P. The van der Waals surface area contributed by atoms with E-state index in [0.29, 0.717) is 31.6 Å². The summed E-state index contributed by atoms with van der Waals surface area (Å²) in [5.74, 6) is -1.73. The number of nitrogen functional groups attached to an aromatic ring is 1. The van der Waals surface area contributed by atoms with Gasteiger partial charge in [-0.3, -0.25) is 18.9 Å². The first kappa shape index (κ1) is 34.3. The molecule has 0 amide bonds. The molecule has 0 aliphatic carbocycles. The lowest BCUT2D eigenvalue weighted by molar-refractivity contribution is -0.186. The van der Waals surface area contributed by atoms with Crippen molar-refractivity contribution in [3.05, 3.63) is 54.5 Å². The SMILES string of the molecule is CC(=O)O[C@H]1C(OC(C)=O)(c2ccc3c(N)ncnn23)CO[C@]1(C)COP(=O)(N[C@@H](C)C(=O)OC1CCOCC1)Oc1ccccc1. The number of aromatic nitrogens is 3. The van der Waals surface area contributed by atoms with E-state index in [2.05, 4.69) is 15.2 Å². The quantitative estimate of drug-likeness (QED) is 0.161. The molecule has 0 saturated carbocycles. The Bertz CT molecular complexity index is 1650. The Kier molecular flexibility index (Phi) is 10.2. The van der Waals surface area contributed by atoms with Gasteiger partial charge in [0.05, 0.1) is 32.1 Å². The summed E-state index contributed by atoms with van der Waals surface area (Å²) in [4.78, 5) is 42.0. The van der Waals surface area contributed by atoms with Crippen molar-refractivity contribution in [2.24, 2.45) is 0 Å². The van der Waals surface area contributed by atoms with Gasteiger partial charge in [0.1, 0.15) is 35.3 Å². The van der Waals surface area contributed by atoms with Crippen molar-refractivity contribution in [2.45, 2.75) is 70.0 Å². The molecule has 5 rings (SSSR count). The van der Waals surface area contributed by atoms with Gasteiger partial charge in [0.2, 0.25) is 5.60 Å². The Morgan fingerprint density at radius 1 is 1.11 bits per heavy atom. The van der Waals surface area contributed by atoms with Gasteiger partial charge in [-0.1, -0.05) is 18.2 Å². The van der Waals surface area contributed by atoms with Crippen molar-refractivity contribution < 1.29 is 51.7 Å². The number of benzene rings is 1. The molecule has 5 atom stereocenters. The molecule has 16 nitrogen and oxygen atoms in total. The molecule has 0 radical (unpaired) electrons. The smallest absolute Gasteiger partial charge is 0.459 e. The predicted octanol–water partition coefficient (Wildman–Crippen LogP) is 2.69. The van der Waals surface area contributed by atoms with Crippen molar-refractivity contribution in [2.75, 3.05) is 32.2 Å². The molecule has 2 aromatic heterocycles. The molecule has 2 unspecified atom stereocenters. The maximum absolute atomic E-state index is 14.3. The number of nitrogens with zero attached hydrogens (tertiary/aromatic N) is 3. The van der Waals surface area contributed by atoms with Crippen LogP contribution >= 0.6 is 7.75 Å². The summed E-state index contributed by atoms with van der Waals surface area (Å²) in [6.07, 6.45) is 0.613. The summed E-state index contributed by atoms with van der Waals surface area (Å²) in [6, 6.07) is 10.3. The standard InChI is InChI=1S/C30H38N5O11P/c1-19(27(38)44-22-12-14-40-15-13-22)34-47(39,46-23-8-6-5-7-9-23)42-16-29(4)28(43-20(2)36)30(17-41-29,45-21(3)37)25-11-10-24-26(31)32-18-33-35(24)25/h5-11,18-19,22,28H,12-17H2,1-4H3,(H,34,39)(H2,31,32,33)/t19-,28+,29+,30?,47?/m0/s1. The summed E-state index contributed by atoms with van der Waals surface area (Å²) >= 11 is 0. The molecular weight excluding hydrogens is 637 g/mol. The zero-order valence-electron chi connectivity index (χ0n) is 26.5. The van der Waals surface area contributed by atoms with Gasteiger partial charge >= 0.3 is 25.7 Å². The molecule has 2 aliphatic rings. The van der Waals surface area contributed by atoms with Crippen molar-refractivity contribution in [3.63, 3.8) is 0 Å². The monoisotopic (exact) mass is 675 g/mol. The summed E-state index contributed by atoms with van der Waals surface area (Å²) in [5.41, 5.74) is 3.39. The number of ether oxygens (including phenoxy) is 5. The van der Waals surface area contributed by atoms with Gasteiger partial charge in [0.25, 0.3) is 0 Å². The van der Waals surface area contributed by atoms with Gasteiger partial charge in [-0.05, 0) is 38.1 Å². The number of anilines is 1. The first-order chi connectivity index (χ1) is 22.3. The summed E-state index contributed by atoms with van der Waals surface area (Å²) in [5, 5.41) is 6.93. The molecule has 2 fully saturated rings. The zero-order valence-corrected chi connectivity index (χ0v) is 27.3. The highest BCUT2D eigenvalue weighted by Gasteiger charge is 2.64. The number of para-hydroxylation sites is 1. The summed E-state index contributed by atoms with van der Waals surface area (Å²) < 4.78 is 56.3. The zero-order chi connectivity index (χ0) is 33.8. The molecule has 4 heterocycles. The topological polar surface area (TPSA) is 201 Å². The van der Waals surface area contributed by atoms with Crippen LogP contribution in [0.2, 0.25) is 0 Å². The number of rotatable bonds is 12. The van der Waals surface area contributed by atoms with Crippen molar-refractivity contribution in [1.29, 1.82) is 0 Å². The molecule has 0 bridgehead atoms. The fourth-order valence-corrected chi connectivity index (χ4v) is 7.15. The Balaban J connectivity index is 1.45. The first-order valence-corrected chi connectivity index (χ1v) is 16.5. The maximum Gasteiger partial charge on any atom is 0.459 e. The number of nitrogens with two attached hydrogens (primary N) is 1. The van der Waals surface area contributed by atoms with Crippen molar-refractivity contribution >= 4 is 37.0 Å². The molecule has 2 aliphatic heterocycles. The average molecular weight is 676 g/mol. The third kappa shape index (κ3) is 7.57. The van der Waals surface area contributed by atoms with Crippen molar-refractivity contribution in [1.82, 2.24) is 19.7 Å². The average Bonchev–Trinajstić information content (AvgIpc) is 3.58. The highest BCUT2D eigenvalue weighted by molar-refractivity contribution is 7.52. The molecule has 2 saturated heterocycles. The van der Waals surface area contributed by atoms with Crippen LogP contribution in [0.4, 0.5) is 5.82 Å². The number of fused-ring (bicyclic) bond motifs is 1. The third-order valence-corrected chi connectivity index (χ3v) is 9.39. The van der Waals surface area contributed by atoms with E-state index in [1.807, 2.05) is 0 Å². The lowest BCUT2D eigenvalue weighted by atomic mass is 9.86. The molecule has 3 aromatic rings. The molecule has 1 aromatic carbocycles. The van der Waals surface area contributed by atoms with Crippen LogP contribution in [0.3, 0.4) is 0 Å². The summed E-state index contributed by atoms with van der Waals surface area (Å²) in [6.45, 7) is 5.50. The second-order valence-electron chi connectivity index (χ2n) is 11.5. The lowest BCUT2D eigenvalue weighted by Gasteiger charge is -2.37. The van der Waals surface area contributed by atoms with E-state index in [1.54, 1.807) is 49.4 Å². The van der Waals surface area contributed by atoms with E-state index < -0.39 is 55.6 Å². The van der Waals surface area contributed by atoms with E-state index in [4.69, 9.17) is 38.5 Å². The number of esters is 3. The van der Waals surface area contributed by atoms with Crippen LogP contribution in [0.1, 0.15) is 46.2 Å². The maximum atomic E-state index is 14.3. The Labute approximate surface area is 270 Å². The second kappa shape index (κ2) is 14.0. The number of carbonyl (C=O) groups excluding carboxylic acids is 3. The van der Waals surface area contributed by atoms with E-state index in [0.717, 1.165) is 0 Å². The van der Waals surface area contributed by atoms with Gasteiger partial charge in [0.15, 0.2) is 11.9 Å². The fourth-order valence-electron chi connectivity index (χ4n) is 5.57. The molecule has 3 N–H and O–H groups in total. The van der Waals surface area contributed by atoms with Gasteiger partial charge in [-0.15, -0.1) is 0 Å². The number of hydrogen-bond donors (Lipinski definition) is 2. The minimum Gasteiger partial charge on any atom is -0.461 e. The van der Waals surface area contributed by atoms with Gasteiger partial charge < -0.3 is 33.9 Å². The largest absolute Gasteiger partial charge is 0.461 e. The Morgan fingerprint density at radius 2 is 1.83 bits per heavy atom. The molecule has 254 valence electrons. The highest BCUT2D eigenvalue weighted by Crippen LogP contribution is 2.50. The molecule has 0 spiro atoms. The van der Waals surface area contributed by atoms with Gasteiger partial charge in [-0.2, -0.15) is 10.2 Å². The Morgan fingerprint density at radius 3 is 2.51 bits per heavy atom. The second-order valence-corrected chi connectivity index (χ2v) is 13.2. The number of hydrogen-bond acceptors (Lipinski definition) is 14. The van der Waals surface area contributed by atoms with Crippen LogP contribution in [0.25, 0.3) is 5.52 Å². The third-order valence-electron chi connectivity index (χ3n) is 7.77. The molecule has 47 heavy (non-hydrogen) atoms. The number of nitrogens with one attached hydrogen (secondary N) is 1. The van der Waals surface area contributed by atoms with Crippen LogP contribution in [0.15, 0.2) is 48.8 Å². The minimum absolute atomic E-state index is 0.160. The minimum atomic E-state index is -4.38. The highest BCUT2D eigenvalue weighted by atomic mass is 31.2. The van der Waals surface area contributed by atoms with Crippen LogP contribution in [0, 0.1) is 0 Å². The predicted molar refractivity (Wildman–Crippen MR) is 164 cm³/mol. The number of carbonyl (C=O) groups is 3. The first-order valence-electron chi connectivity index (χ1n) is 15.0. The molecule has 17 heteroatoms. The van der Waals surface area contributed by atoms with Crippen LogP contribution in [-0.4, -0.2) is 82.8 Å². The normalized spacial score (nSPS) is 25.1. The van der Waals surface area contributed by atoms with Crippen LogP contribution < -0.4 is 15.3 Å². The summed E-state index contributed by atoms with van der Waals surface area (Å²) in [7, 11) is -4.38. The van der Waals surface area contributed by atoms with E-state index in [9.17, 15) is 18.9 Å². The van der Waals surface area contributed by atoms with E-state index >= 15 is 0 Å². The lowest BCUT2D eigenvalue weighted by Crippen LogP contribution is -2.54.